The van der Waals surface area contributed by atoms with Gasteiger partial charge in [-0.3, -0.25) is 4.79 Å². The molecule has 0 aromatic rings. The number of hydrogen-bond donors (Lipinski definition) is 0. The predicted molar refractivity (Wildman–Crippen MR) is 103 cm³/mol. The number of ether oxygens (including phenoxy) is 2. The van der Waals surface area contributed by atoms with Crippen LogP contribution in [0, 0.1) is 11.8 Å². The Morgan fingerprint density at radius 2 is 1.85 bits per heavy atom. The van der Waals surface area contributed by atoms with Gasteiger partial charge in [0.15, 0.2) is 0 Å². The Hall–Kier alpha value is -0.970. The van der Waals surface area contributed by atoms with Gasteiger partial charge < -0.3 is 9.47 Å². The zero-order valence-corrected chi connectivity index (χ0v) is 16.8. The van der Waals surface area contributed by atoms with Gasteiger partial charge in [0.1, 0.15) is 0 Å². The van der Waals surface area contributed by atoms with Gasteiger partial charge in [0.2, 0.25) is 0 Å². The number of rotatable bonds is 10. The molecule has 27 heavy (non-hydrogen) atoms. The van der Waals surface area contributed by atoms with E-state index in [1.807, 2.05) is 0 Å². The molecule has 0 aromatic heterocycles. The number of unbranched alkanes of at least 4 members (excludes halogenated alkanes) is 2. The molecule has 5 heteroatoms. The van der Waals surface area contributed by atoms with Crippen LogP contribution in [-0.2, 0) is 14.3 Å². The average molecular weight is 387 g/mol. The fraction of sp³-hybridized carbons (Fsp3) is 0.864. The number of carbonyl (C=O) groups is 1. The molecule has 2 aliphatic carbocycles. The summed E-state index contributed by atoms with van der Waals surface area (Å²) in [5.74, 6) is -2.58. The quantitative estimate of drug-likeness (QED) is 0.260. The van der Waals surface area contributed by atoms with Crippen LogP contribution in [0.5, 0.6) is 0 Å². The third-order valence-corrected chi connectivity index (χ3v) is 6.03. The Morgan fingerprint density at radius 1 is 1.11 bits per heavy atom. The van der Waals surface area contributed by atoms with Crippen LogP contribution in [0.15, 0.2) is 12.2 Å². The number of hydrogen-bond acceptors (Lipinski definition) is 3. The van der Waals surface area contributed by atoms with E-state index in [4.69, 9.17) is 9.47 Å². The van der Waals surface area contributed by atoms with Crippen LogP contribution in [-0.4, -0.2) is 31.2 Å². The largest absolute Gasteiger partial charge is 0.465 e. The van der Waals surface area contributed by atoms with Crippen molar-refractivity contribution in [2.45, 2.75) is 96.0 Å². The molecule has 2 fully saturated rings. The molecule has 0 saturated heterocycles. The van der Waals surface area contributed by atoms with Gasteiger partial charge in [-0.05, 0) is 62.9 Å². The van der Waals surface area contributed by atoms with Crippen LogP contribution in [0.4, 0.5) is 8.78 Å². The van der Waals surface area contributed by atoms with E-state index in [1.165, 1.54) is 0 Å². The van der Waals surface area contributed by atoms with E-state index in [2.05, 4.69) is 13.5 Å². The molecule has 156 valence electrons. The molecular weight excluding hydrogens is 350 g/mol. The molecule has 0 amide bonds. The molecule has 0 radical (unpaired) electrons. The third kappa shape index (κ3) is 7.52. The lowest BCUT2D eigenvalue weighted by Crippen LogP contribution is -2.28. The smallest absolute Gasteiger partial charge is 0.308 e. The number of halogens is 2. The highest BCUT2D eigenvalue weighted by Gasteiger charge is 2.39. The van der Waals surface area contributed by atoms with Gasteiger partial charge in [-0.1, -0.05) is 32.8 Å². The maximum Gasteiger partial charge on any atom is 0.308 e. The SMILES string of the molecule is C=C1CCC(CCCCOC2CCC(C(=O)OCCCC)CC2)CC1(F)F. The first-order chi connectivity index (χ1) is 12.9. The Kier molecular flexibility index (Phi) is 9.20. The van der Waals surface area contributed by atoms with Gasteiger partial charge in [0, 0.05) is 13.0 Å². The van der Waals surface area contributed by atoms with Crippen LogP contribution in [0.1, 0.15) is 84.0 Å². The number of carbonyl (C=O) groups excluding carboxylic acids is 1. The van der Waals surface area contributed by atoms with Crippen LogP contribution >= 0.6 is 0 Å². The van der Waals surface area contributed by atoms with E-state index in [1.54, 1.807) is 0 Å². The summed E-state index contributed by atoms with van der Waals surface area (Å²) in [6.07, 6.45) is 9.66. The van der Waals surface area contributed by atoms with E-state index < -0.39 is 5.92 Å². The second-order valence-electron chi connectivity index (χ2n) is 8.28. The van der Waals surface area contributed by atoms with Crippen molar-refractivity contribution in [3.8, 4) is 0 Å². The molecule has 0 heterocycles. The van der Waals surface area contributed by atoms with Crippen molar-refractivity contribution in [2.75, 3.05) is 13.2 Å². The van der Waals surface area contributed by atoms with E-state index in [-0.39, 0.29) is 35.9 Å². The number of esters is 1. The second-order valence-corrected chi connectivity index (χ2v) is 8.28. The lowest BCUT2D eigenvalue weighted by molar-refractivity contribution is -0.150. The molecule has 2 rings (SSSR count). The molecule has 2 aliphatic rings. The standard InChI is InChI=1S/C22H36F2O3/c1-3-4-14-27-21(25)19-10-12-20(13-11-19)26-15-6-5-7-18-9-8-17(2)22(23,24)16-18/h18-20H,2-16H2,1H3. The Bertz CT molecular complexity index is 470. The zero-order valence-electron chi connectivity index (χ0n) is 16.8. The zero-order chi connectivity index (χ0) is 19.7. The van der Waals surface area contributed by atoms with Crippen molar-refractivity contribution in [1.29, 1.82) is 0 Å². The molecule has 0 aromatic carbocycles. The fourth-order valence-electron chi connectivity index (χ4n) is 4.10. The minimum atomic E-state index is -2.67. The first-order valence-electron chi connectivity index (χ1n) is 10.8. The van der Waals surface area contributed by atoms with Crippen molar-refractivity contribution >= 4 is 5.97 Å². The number of alkyl halides is 2. The molecule has 1 unspecified atom stereocenters. The maximum atomic E-state index is 13.7. The average Bonchev–Trinajstić information content (AvgIpc) is 2.65. The van der Waals surface area contributed by atoms with Gasteiger partial charge in [0.05, 0.1) is 18.6 Å². The van der Waals surface area contributed by atoms with E-state index in [0.717, 1.165) is 64.2 Å². The molecular formula is C22H36F2O3. The van der Waals surface area contributed by atoms with E-state index in [9.17, 15) is 13.6 Å². The first-order valence-corrected chi connectivity index (χ1v) is 10.8. The van der Waals surface area contributed by atoms with Crippen LogP contribution < -0.4 is 0 Å². The van der Waals surface area contributed by atoms with Gasteiger partial charge in [0.25, 0.3) is 5.92 Å². The van der Waals surface area contributed by atoms with Gasteiger partial charge in [-0.2, -0.15) is 0 Å². The molecule has 2 saturated carbocycles. The summed E-state index contributed by atoms with van der Waals surface area (Å²) in [6, 6.07) is 0. The summed E-state index contributed by atoms with van der Waals surface area (Å²) in [5, 5.41) is 0. The van der Waals surface area contributed by atoms with Crippen LogP contribution in [0.25, 0.3) is 0 Å². The predicted octanol–water partition coefficient (Wildman–Crippen LogP) is 6.07. The maximum absolute atomic E-state index is 13.7. The highest BCUT2D eigenvalue weighted by Crippen LogP contribution is 2.41. The summed E-state index contributed by atoms with van der Waals surface area (Å²) in [4.78, 5) is 12.0. The van der Waals surface area contributed by atoms with Crippen molar-refractivity contribution in [2.24, 2.45) is 11.8 Å². The lowest BCUT2D eigenvalue weighted by Gasteiger charge is -2.31. The van der Waals surface area contributed by atoms with E-state index >= 15 is 0 Å². The minimum Gasteiger partial charge on any atom is -0.465 e. The number of allylic oxidation sites excluding steroid dienone is 1. The van der Waals surface area contributed by atoms with E-state index in [0.29, 0.717) is 19.6 Å². The van der Waals surface area contributed by atoms with Crippen molar-refractivity contribution < 1.29 is 23.0 Å². The van der Waals surface area contributed by atoms with Crippen molar-refractivity contribution in [3.05, 3.63) is 12.2 Å². The normalized spacial score (nSPS) is 28.1. The van der Waals surface area contributed by atoms with Crippen LogP contribution in [0.2, 0.25) is 0 Å². The Balaban J connectivity index is 1.51. The van der Waals surface area contributed by atoms with Crippen molar-refractivity contribution in [1.82, 2.24) is 0 Å². The molecule has 0 spiro atoms. The monoisotopic (exact) mass is 386 g/mol. The molecule has 1 atom stereocenters. The van der Waals surface area contributed by atoms with Gasteiger partial charge in [-0.15, -0.1) is 0 Å². The highest BCUT2D eigenvalue weighted by molar-refractivity contribution is 5.72. The summed E-state index contributed by atoms with van der Waals surface area (Å²) < 4.78 is 38.6. The summed E-state index contributed by atoms with van der Waals surface area (Å²) in [7, 11) is 0. The minimum absolute atomic E-state index is 0.0319. The van der Waals surface area contributed by atoms with Gasteiger partial charge >= 0.3 is 5.97 Å². The summed E-state index contributed by atoms with van der Waals surface area (Å²) in [6.45, 7) is 6.80. The Labute approximate surface area is 162 Å². The summed E-state index contributed by atoms with van der Waals surface area (Å²) in [5.41, 5.74) is 0.104. The lowest BCUT2D eigenvalue weighted by atomic mass is 9.81. The topological polar surface area (TPSA) is 35.5 Å². The summed E-state index contributed by atoms with van der Waals surface area (Å²) >= 11 is 0. The third-order valence-electron chi connectivity index (χ3n) is 6.03. The molecule has 0 aliphatic heterocycles. The molecule has 0 bridgehead atoms. The van der Waals surface area contributed by atoms with Crippen molar-refractivity contribution in [3.63, 3.8) is 0 Å². The molecule has 3 nitrogen and oxygen atoms in total. The second kappa shape index (κ2) is 11.1. The van der Waals surface area contributed by atoms with Gasteiger partial charge in [-0.25, -0.2) is 8.78 Å². The Morgan fingerprint density at radius 3 is 2.52 bits per heavy atom. The first kappa shape index (κ1) is 22.3. The van der Waals surface area contributed by atoms with Crippen LogP contribution in [0.3, 0.4) is 0 Å². The fourth-order valence-corrected chi connectivity index (χ4v) is 4.10. The highest BCUT2D eigenvalue weighted by atomic mass is 19.3. The molecule has 0 N–H and O–H groups in total.